The van der Waals surface area contributed by atoms with E-state index in [9.17, 15) is 9.18 Å². The minimum Gasteiger partial charge on any atom is -0.492 e. The van der Waals surface area contributed by atoms with Crippen molar-refractivity contribution in [2.24, 2.45) is 5.92 Å². The normalized spacial score (nSPS) is 22.3. The second-order valence-corrected chi connectivity index (χ2v) is 5.17. The van der Waals surface area contributed by atoms with Gasteiger partial charge in [0.25, 0.3) is 0 Å². The molecule has 1 aromatic carbocycles. The molecule has 0 unspecified atom stereocenters. The summed E-state index contributed by atoms with van der Waals surface area (Å²) in [4.78, 5) is 12.0. The predicted octanol–water partition coefficient (Wildman–Crippen LogP) is 1.71. The summed E-state index contributed by atoms with van der Waals surface area (Å²) in [6.07, 6.45) is 1.75. The standard InChI is InChI=1S/C15H21FN2O2/c1-11-9-12(5-6-17-11)15(19)18-7-8-20-14-4-2-3-13(16)10-14/h2-4,10-12,17H,5-9H2,1H3,(H,18,19)/t11-,12-/m0/s1. The topological polar surface area (TPSA) is 50.4 Å². The number of piperidine rings is 1. The monoisotopic (exact) mass is 280 g/mol. The van der Waals surface area contributed by atoms with E-state index in [1.54, 1.807) is 12.1 Å². The number of benzene rings is 1. The second kappa shape index (κ2) is 7.24. The van der Waals surface area contributed by atoms with Gasteiger partial charge in [-0.2, -0.15) is 0 Å². The third-order valence-electron chi connectivity index (χ3n) is 3.46. The number of hydrogen-bond acceptors (Lipinski definition) is 3. The van der Waals surface area contributed by atoms with Crippen LogP contribution in [0.5, 0.6) is 5.75 Å². The summed E-state index contributed by atoms with van der Waals surface area (Å²) in [5.74, 6) is 0.326. The molecule has 5 heteroatoms. The minimum absolute atomic E-state index is 0.0837. The molecular weight excluding hydrogens is 259 g/mol. The highest BCUT2D eigenvalue weighted by Crippen LogP contribution is 2.16. The van der Waals surface area contributed by atoms with Crippen LogP contribution in [0, 0.1) is 11.7 Å². The molecule has 2 atom stereocenters. The second-order valence-electron chi connectivity index (χ2n) is 5.17. The molecule has 110 valence electrons. The van der Waals surface area contributed by atoms with Gasteiger partial charge < -0.3 is 15.4 Å². The third-order valence-corrected chi connectivity index (χ3v) is 3.46. The zero-order chi connectivity index (χ0) is 14.4. The van der Waals surface area contributed by atoms with Crippen molar-refractivity contribution in [2.75, 3.05) is 19.7 Å². The lowest BCUT2D eigenvalue weighted by Crippen LogP contribution is -2.43. The SMILES string of the molecule is C[C@H]1C[C@@H](C(=O)NCCOc2cccc(F)c2)CCN1. The molecular formula is C15H21FN2O2. The van der Waals surface area contributed by atoms with Crippen molar-refractivity contribution in [3.8, 4) is 5.75 Å². The Bertz CT molecular complexity index is 453. The van der Waals surface area contributed by atoms with E-state index in [2.05, 4.69) is 17.6 Å². The van der Waals surface area contributed by atoms with Crippen molar-refractivity contribution >= 4 is 5.91 Å². The van der Waals surface area contributed by atoms with Crippen molar-refractivity contribution < 1.29 is 13.9 Å². The summed E-state index contributed by atoms with van der Waals surface area (Å²) in [7, 11) is 0. The number of halogens is 1. The van der Waals surface area contributed by atoms with E-state index in [-0.39, 0.29) is 17.6 Å². The fraction of sp³-hybridized carbons (Fsp3) is 0.533. The van der Waals surface area contributed by atoms with Crippen LogP contribution in [0.3, 0.4) is 0 Å². The molecule has 0 spiro atoms. The van der Waals surface area contributed by atoms with Crippen LogP contribution in [-0.4, -0.2) is 31.6 Å². The van der Waals surface area contributed by atoms with Gasteiger partial charge in [-0.3, -0.25) is 4.79 Å². The quantitative estimate of drug-likeness (QED) is 0.807. The Labute approximate surface area is 118 Å². The molecule has 4 nitrogen and oxygen atoms in total. The maximum atomic E-state index is 12.9. The van der Waals surface area contributed by atoms with Crippen LogP contribution in [0.15, 0.2) is 24.3 Å². The van der Waals surface area contributed by atoms with E-state index >= 15 is 0 Å². The van der Waals surface area contributed by atoms with Crippen molar-refractivity contribution in [1.82, 2.24) is 10.6 Å². The Morgan fingerprint density at radius 1 is 1.55 bits per heavy atom. The first-order chi connectivity index (χ1) is 9.65. The number of carbonyl (C=O) groups is 1. The molecule has 2 rings (SSSR count). The number of carbonyl (C=O) groups excluding carboxylic acids is 1. The molecule has 1 aromatic rings. The van der Waals surface area contributed by atoms with Gasteiger partial charge in [-0.25, -0.2) is 4.39 Å². The highest BCUT2D eigenvalue weighted by atomic mass is 19.1. The summed E-state index contributed by atoms with van der Waals surface area (Å²) >= 11 is 0. The highest BCUT2D eigenvalue weighted by Gasteiger charge is 2.24. The van der Waals surface area contributed by atoms with Gasteiger partial charge >= 0.3 is 0 Å². The van der Waals surface area contributed by atoms with Crippen molar-refractivity contribution in [2.45, 2.75) is 25.8 Å². The maximum Gasteiger partial charge on any atom is 0.223 e. The molecule has 0 bridgehead atoms. The molecule has 1 fully saturated rings. The van der Waals surface area contributed by atoms with Crippen molar-refractivity contribution in [1.29, 1.82) is 0 Å². The number of amides is 1. The molecule has 1 aliphatic heterocycles. The summed E-state index contributed by atoms with van der Waals surface area (Å²) in [6.45, 7) is 3.76. The molecule has 0 saturated carbocycles. The van der Waals surface area contributed by atoms with Crippen LogP contribution in [-0.2, 0) is 4.79 Å². The molecule has 1 amide bonds. The Hall–Kier alpha value is -1.62. The van der Waals surface area contributed by atoms with Gasteiger partial charge in [-0.15, -0.1) is 0 Å². The Morgan fingerprint density at radius 2 is 2.40 bits per heavy atom. The summed E-state index contributed by atoms with van der Waals surface area (Å²) < 4.78 is 18.3. The van der Waals surface area contributed by atoms with Crippen LogP contribution in [0.1, 0.15) is 19.8 Å². The first-order valence-corrected chi connectivity index (χ1v) is 7.04. The average Bonchev–Trinajstić information content (AvgIpc) is 2.43. The highest BCUT2D eigenvalue weighted by molar-refractivity contribution is 5.78. The van der Waals surface area contributed by atoms with Gasteiger partial charge in [0.2, 0.25) is 5.91 Å². The first-order valence-electron chi connectivity index (χ1n) is 7.04. The first kappa shape index (κ1) is 14.8. The third kappa shape index (κ3) is 4.49. The summed E-state index contributed by atoms with van der Waals surface area (Å²) in [5, 5.41) is 6.19. The van der Waals surface area contributed by atoms with E-state index in [1.807, 2.05) is 0 Å². The molecule has 0 aliphatic carbocycles. The van der Waals surface area contributed by atoms with E-state index in [0.717, 1.165) is 19.4 Å². The van der Waals surface area contributed by atoms with Crippen molar-refractivity contribution in [3.05, 3.63) is 30.1 Å². The molecule has 2 N–H and O–H groups in total. The zero-order valence-electron chi connectivity index (χ0n) is 11.7. The molecule has 1 saturated heterocycles. The van der Waals surface area contributed by atoms with Crippen LogP contribution in [0.4, 0.5) is 4.39 Å². The lowest BCUT2D eigenvalue weighted by Gasteiger charge is -2.27. The van der Waals surface area contributed by atoms with E-state index < -0.39 is 0 Å². The molecule has 1 aliphatic rings. The Balaban J connectivity index is 1.66. The largest absolute Gasteiger partial charge is 0.492 e. The lowest BCUT2D eigenvalue weighted by atomic mass is 9.92. The predicted molar refractivity (Wildman–Crippen MR) is 75.1 cm³/mol. The number of ether oxygens (including phenoxy) is 1. The van der Waals surface area contributed by atoms with Gasteiger partial charge in [0.15, 0.2) is 0 Å². The molecule has 1 heterocycles. The van der Waals surface area contributed by atoms with Gasteiger partial charge in [0.1, 0.15) is 18.2 Å². The number of hydrogen-bond donors (Lipinski definition) is 2. The summed E-state index contributed by atoms with van der Waals surface area (Å²) in [6, 6.07) is 6.38. The van der Waals surface area contributed by atoms with E-state index in [4.69, 9.17) is 4.74 Å². The fourth-order valence-corrected chi connectivity index (χ4v) is 2.41. The van der Waals surface area contributed by atoms with Crippen LogP contribution in [0.25, 0.3) is 0 Å². The average molecular weight is 280 g/mol. The Kier molecular flexibility index (Phi) is 5.35. The van der Waals surface area contributed by atoms with Gasteiger partial charge in [0.05, 0.1) is 6.54 Å². The van der Waals surface area contributed by atoms with Crippen molar-refractivity contribution in [3.63, 3.8) is 0 Å². The summed E-state index contributed by atoms with van der Waals surface area (Å²) in [5.41, 5.74) is 0. The molecule has 0 aromatic heterocycles. The minimum atomic E-state index is -0.324. The Morgan fingerprint density at radius 3 is 3.15 bits per heavy atom. The number of nitrogens with one attached hydrogen (secondary N) is 2. The van der Waals surface area contributed by atoms with E-state index in [0.29, 0.717) is 24.9 Å². The number of rotatable bonds is 5. The maximum absolute atomic E-state index is 12.9. The van der Waals surface area contributed by atoms with Crippen LogP contribution < -0.4 is 15.4 Å². The van der Waals surface area contributed by atoms with Gasteiger partial charge in [-0.1, -0.05) is 6.07 Å². The lowest BCUT2D eigenvalue weighted by molar-refractivity contribution is -0.126. The van der Waals surface area contributed by atoms with Gasteiger partial charge in [-0.05, 0) is 38.4 Å². The molecule has 20 heavy (non-hydrogen) atoms. The van der Waals surface area contributed by atoms with Crippen LogP contribution in [0.2, 0.25) is 0 Å². The van der Waals surface area contributed by atoms with Gasteiger partial charge in [0, 0.05) is 18.0 Å². The van der Waals surface area contributed by atoms with E-state index in [1.165, 1.54) is 12.1 Å². The zero-order valence-corrected chi connectivity index (χ0v) is 11.7. The van der Waals surface area contributed by atoms with Crippen LogP contribution >= 0.6 is 0 Å². The smallest absolute Gasteiger partial charge is 0.223 e. The molecule has 0 radical (unpaired) electrons. The fourth-order valence-electron chi connectivity index (χ4n) is 2.41.